The number of hydrogen-bond acceptors (Lipinski definition) is 5. The van der Waals surface area contributed by atoms with Crippen LogP contribution in [0.25, 0.3) is 15.6 Å². The lowest BCUT2D eigenvalue weighted by atomic mass is 9.82. The van der Waals surface area contributed by atoms with E-state index in [4.69, 9.17) is 11.6 Å². The molecule has 0 unspecified atom stereocenters. The Kier molecular flexibility index (Phi) is 5.73. The Balaban J connectivity index is 1.82. The second-order valence-corrected chi connectivity index (χ2v) is 8.37. The van der Waals surface area contributed by atoms with Crippen molar-refractivity contribution in [2.75, 3.05) is 0 Å². The van der Waals surface area contributed by atoms with Crippen molar-refractivity contribution >= 4 is 22.9 Å². The van der Waals surface area contributed by atoms with Gasteiger partial charge in [-0.1, -0.05) is 65.4 Å². The normalized spacial score (nSPS) is 11.8. The van der Waals surface area contributed by atoms with Gasteiger partial charge in [-0.2, -0.15) is 15.2 Å². The number of halogens is 1. The van der Waals surface area contributed by atoms with Gasteiger partial charge in [-0.05, 0) is 30.2 Å². The third-order valence-corrected chi connectivity index (χ3v) is 6.30. The minimum Gasteiger partial charge on any atom is -0.293 e. The van der Waals surface area contributed by atoms with Gasteiger partial charge in [0.1, 0.15) is 5.92 Å². The van der Waals surface area contributed by atoms with Crippen LogP contribution in [0.3, 0.4) is 0 Å². The second-order valence-electron chi connectivity index (χ2n) is 6.93. The average molecular weight is 446 g/mol. The van der Waals surface area contributed by atoms with E-state index in [-0.39, 0.29) is 5.56 Å². The molecule has 0 aliphatic carbocycles. The smallest absolute Gasteiger partial charge is 0.277 e. The highest BCUT2D eigenvalue weighted by Crippen LogP contribution is 2.33. The first kappa shape index (κ1) is 20.6. The van der Waals surface area contributed by atoms with Gasteiger partial charge in [0.25, 0.3) is 5.56 Å². The largest absolute Gasteiger partial charge is 0.293 e. The van der Waals surface area contributed by atoms with Crippen LogP contribution in [0.1, 0.15) is 22.7 Å². The summed E-state index contributed by atoms with van der Waals surface area (Å²) in [6.07, 6.45) is 1.72. The van der Waals surface area contributed by atoms with Crippen LogP contribution in [0.4, 0.5) is 0 Å². The van der Waals surface area contributed by atoms with Crippen molar-refractivity contribution in [2.45, 2.75) is 12.8 Å². The summed E-state index contributed by atoms with van der Waals surface area (Å²) in [5.74, 6) is -1.75. The summed E-state index contributed by atoms with van der Waals surface area (Å²) in [7, 11) is 0. The van der Waals surface area contributed by atoms with Gasteiger partial charge in [0.05, 0.1) is 17.0 Å². The standard InChI is InChI=1S/C23H16ClN5OS/c1-14-20(21(17(11-25)12-26)16-7-9-18(24)10-8-16)22(30)29(28-14)23-27-13-19(31-23)15-5-3-2-4-6-15/h2-10,13,17,21,28H,1H3/t21-/m0/s1. The zero-order chi connectivity index (χ0) is 22.0. The molecule has 6 nitrogen and oxygen atoms in total. The molecule has 0 saturated heterocycles. The number of nitrogens with one attached hydrogen (secondary N) is 1. The quantitative estimate of drug-likeness (QED) is 0.464. The predicted octanol–water partition coefficient (Wildman–Crippen LogP) is 5.05. The molecule has 2 heterocycles. The van der Waals surface area contributed by atoms with Crippen LogP contribution in [-0.2, 0) is 0 Å². The first-order chi connectivity index (χ1) is 15.0. The van der Waals surface area contributed by atoms with Crippen molar-refractivity contribution in [3.8, 4) is 27.7 Å². The van der Waals surface area contributed by atoms with E-state index < -0.39 is 11.8 Å². The molecule has 0 aliphatic rings. The fourth-order valence-corrected chi connectivity index (χ4v) is 4.55. The topological polar surface area (TPSA) is 98.3 Å². The number of aryl methyl sites for hydroxylation is 1. The van der Waals surface area contributed by atoms with Gasteiger partial charge in [-0.3, -0.25) is 9.89 Å². The number of H-pyrrole nitrogens is 1. The molecular formula is C23H16ClN5OS. The first-order valence-electron chi connectivity index (χ1n) is 9.41. The van der Waals surface area contributed by atoms with Crippen LogP contribution in [0.2, 0.25) is 5.02 Å². The number of hydrogen-bond donors (Lipinski definition) is 1. The molecule has 152 valence electrons. The van der Waals surface area contributed by atoms with Crippen LogP contribution in [0, 0.1) is 35.5 Å². The Labute approximate surface area is 187 Å². The molecule has 31 heavy (non-hydrogen) atoms. The van der Waals surface area contributed by atoms with Gasteiger partial charge in [0.15, 0.2) is 0 Å². The highest BCUT2D eigenvalue weighted by atomic mass is 35.5. The maximum atomic E-state index is 13.4. The van der Waals surface area contributed by atoms with Crippen molar-refractivity contribution in [1.29, 1.82) is 10.5 Å². The molecule has 0 bridgehead atoms. The van der Waals surface area contributed by atoms with E-state index in [1.807, 2.05) is 42.5 Å². The third kappa shape index (κ3) is 3.89. The highest BCUT2D eigenvalue weighted by molar-refractivity contribution is 7.17. The molecule has 8 heteroatoms. The maximum Gasteiger partial charge on any atom is 0.277 e. The number of nitrogens with zero attached hydrogens (tertiary/aromatic N) is 4. The van der Waals surface area contributed by atoms with Crippen molar-refractivity contribution in [1.82, 2.24) is 14.8 Å². The molecule has 1 atom stereocenters. The summed E-state index contributed by atoms with van der Waals surface area (Å²) >= 11 is 7.38. The molecule has 4 rings (SSSR count). The molecule has 0 fully saturated rings. The summed E-state index contributed by atoms with van der Waals surface area (Å²) in [5.41, 5.74) is 2.30. The van der Waals surface area contributed by atoms with E-state index in [1.54, 1.807) is 37.4 Å². The minimum atomic E-state index is -1.03. The van der Waals surface area contributed by atoms with E-state index in [2.05, 4.69) is 10.1 Å². The second kappa shape index (κ2) is 8.61. The number of aromatic amines is 1. The molecule has 0 aliphatic heterocycles. The Morgan fingerprint density at radius 1 is 1.10 bits per heavy atom. The minimum absolute atomic E-state index is 0.332. The molecule has 2 aromatic heterocycles. The number of aromatic nitrogens is 3. The van der Waals surface area contributed by atoms with Gasteiger partial charge in [0, 0.05) is 28.4 Å². The zero-order valence-corrected chi connectivity index (χ0v) is 18.0. The van der Waals surface area contributed by atoms with E-state index in [9.17, 15) is 15.3 Å². The Bertz CT molecular complexity index is 1340. The molecule has 0 radical (unpaired) electrons. The monoisotopic (exact) mass is 445 g/mol. The summed E-state index contributed by atoms with van der Waals surface area (Å²) in [5, 5.41) is 23.2. The maximum absolute atomic E-state index is 13.4. The lowest BCUT2D eigenvalue weighted by molar-refractivity contribution is 0.699. The number of nitriles is 2. The van der Waals surface area contributed by atoms with Crippen LogP contribution < -0.4 is 5.56 Å². The molecule has 0 saturated carbocycles. The van der Waals surface area contributed by atoms with Gasteiger partial charge < -0.3 is 0 Å². The van der Waals surface area contributed by atoms with Gasteiger partial charge in [-0.25, -0.2) is 4.98 Å². The summed E-state index contributed by atoms with van der Waals surface area (Å²) < 4.78 is 1.37. The van der Waals surface area contributed by atoms with Gasteiger partial charge in [-0.15, -0.1) is 0 Å². The fraction of sp³-hybridized carbons (Fsp3) is 0.130. The van der Waals surface area contributed by atoms with Crippen LogP contribution in [-0.4, -0.2) is 14.8 Å². The Morgan fingerprint density at radius 2 is 1.77 bits per heavy atom. The average Bonchev–Trinajstić information content (AvgIpc) is 3.38. The summed E-state index contributed by atoms with van der Waals surface area (Å²) in [4.78, 5) is 18.7. The Hall–Kier alpha value is -3.65. The molecule has 2 aromatic carbocycles. The van der Waals surface area contributed by atoms with Crippen molar-refractivity contribution in [3.05, 3.63) is 93.0 Å². The van der Waals surface area contributed by atoms with Crippen LogP contribution >= 0.6 is 22.9 Å². The fourth-order valence-electron chi connectivity index (χ4n) is 3.54. The van der Waals surface area contributed by atoms with E-state index in [0.717, 1.165) is 10.4 Å². The highest BCUT2D eigenvalue weighted by Gasteiger charge is 2.31. The van der Waals surface area contributed by atoms with E-state index in [1.165, 1.54) is 16.0 Å². The Morgan fingerprint density at radius 3 is 2.42 bits per heavy atom. The SMILES string of the molecule is Cc1[nH]n(-c2ncc(-c3ccccc3)s2)c(=O)c1[C@@H](c1ccc(Cl)cc1)C(C#N)C#N. The lowest BCUT2D eigenvalue weighted by Gasteiger charge is -2.17. The number of benzene rings is 2. The van der Waals surface area contributed by atoms with E-state index >= 15 is 0 Å². The van der Waals surface area contributed by atoms with E-state index in [0.29, 0.717) is 27.0 Å². The first-order valence-corrected chi connectivity index (χ1v) is 10.6. The van der Waals surface area contributed by atoms with Crippen molar-refractivity contribution in [3.63, 3.8) is 0 Å². The zero-order valence-electron chi connectivity index (χ0n) is 16.4. The van der Waals surface area contributed by atoms with Crippen molar-refractivity contribution in [2.24, 2.45) is 5.92 Å². The number of rotatable bonds is 5. The summed E-state index contributed by atoms with van der Waals surface area (Å²) in [6.45, 7) is 1.76. The number of thiazole rings is 1. The third-order valence-electron chi connectivity index (χ3n) is 5.01. The lowest BCUT2D eigenvalue weighted by Crippen LogP contribution is -2.23. The van der Waals surface area contributed by atoms with Gasteiger partial charge in [0.2, 0.25) is 5.13 Å². The molecule has 4 aromatic rings. The molecule has 0 amide bonds. The predicted molar refractivity (Wildman–Crippen MR) is 120 cm³/mol. The van der Waals surface area contributed by atoms with Crippen molar-refractivity contribution < 1.29 is 0 Å². The summed E-state index contributed by atoms with van der Waals surface area (Å²) in [6, 6.07) is 20.7. The molecular weight excluding hydrogens is 430 g/mol. The van der Waals surface area contributed by atoms with Crippen LogP contribution in [0.5, 0.6) is 0 Å². The van der Waals surface area contributed by atoms with Gasteiger partial charge >= 0.3 is 0 Å². The molecule has 1 N–H and O–H groups in total. The van der Waals surface area contributed by atoms with Crippen LogP contribution in [0.15, 0.2) is 65.6 Å². The molecule has 0 spiro atoms.